The fraction of sp³-hybridized carbons (Fsp3) is 0.389. The second-order valence-corrected chi connectivity index (χ2v) is 5.74. The summed E-state index contributed by atoms with van der Waals surface area (Å²) in [7, 11) is 1.94. The minimum absolute atomic E-state index is 0.289. The number of hydrogen-bond donors (Lipinski definition) is 1. The van der Waals surface area contributed by atoms with Crippen LogP contribution in [0, 0.1) is 6.92 Å². The van der Waals surface area contributed by atoms with Crippen molar-refractivity contribution in [1.29, 1.82) is 0 Å². The normalized spacial score (nSPS) is 12.5. The first-order valence-electron chi connectivity index (χ1n) is 7.43. The summed E-state index contributed by atoms with van der Waals surface area (Å²) in [5.74, 6) is 1.95. The number of benzene rings is 1. The van der Waals surface area contributed by atoms with Gasteiger partial charge in [0.25, 0.3) is 0 Å². The average Bonchev–Trinajstić information content (AvgIpc) is 2.47. The lowest BCUT2D eigenvalue weighted by molar-refractivity contribution is 0.453. The molecule has 1 aromatic carbocycles. The van der Waals surface area contributed by atoms with Gasteiger partial charge < -0.3 is 10.1 Å². The average molecular weight is 284 g/mol. The maximum Gasteiger partial charge on any atom is 0.219 e. The number of nitrogens with one attached hydrogen (secondary N) is 1. The van der Waals surface area contributed by atoms with Gasteiger partial charge >= 0.3 is 0 Å². The Morgan fingerprint density at radius 2 is 1.86 bits per heavy atom. The Labute approximate surface area is 127 Å². The second kappa shape index (κ2) is 6.72. The lowest BCUT2D eigenvalue weighted by atomic mass is 10.0. The number of hydrogen-bond acceptors (Lipinski definition) is 3. The van der Waals surface area contributed by atoms with E-state index in [0.29, 0.717) is 11.8 Å². The molecule has 0 aliphatic heterocycles. The monoisotopic (exact) mass is 284 g/mol. The minimum atomic E-state index is 0.289. The predicted molar refractivity (Wildman–Crippen MR) is 87.1 cm³/mol. The van der Waals surface area contributed by atoms with Crippen LogP contribution in [-0.2, 0) is 0 Å². The standard InChI is InChI=1S/C18H24N2O/c1-12(2)16-8-6-13(3)10-17(16)21-18-9-7-15(11-20-18)14(4)19-5/h6-12,14,19H,1-5H3. The molecule has 0 spiro atoms. The van der Waals surface area contributed by atoms with Gasteiger partial charge in [0.2, 0.25) is 5.88 Å². The Balaban J connectivity index is 2.24. The van der Waals surface area contributed by atoms with Crippen molar-refractivity contribution in [1.82, 2.24) is 10.3 Å². The molecule has 21 heavy (non-hydrogen) atoms. The molecule has 0 bridgehead atoms. The van der Waals surface area contributed by atoms with Crippen LogP contribution in [0.2, 0.25) is 0 Å². The summed E-state index contributed by atoms with van der Waals surface area (Å²) >= 11 is 0. The zero-order valence-electron chi connectivity index (χ0n) is 13.5. The van der Waals surface area contributed by atoms with Crippen molar-refractivity contribution in [3.05, 3.63) is 53.2 Å². The Morgan fingerprint density at radius 3 is 2.43 bits per heavy atom. The molecule has 2 rings (SSSR count). The third-order valence-corrected chi connectivity index (χ3v) is 3.70. The lowest BCUT2D eigenvalue weighted by Crippen LogP contribution is -2.12. The smallest absolute Gasteiger partial charge is 0.219 e. The van der Waals surface area contributed by atoms with Crippen molar-refractivity contribution in [3.8, 4) is 11.6 Å². The van der Waals surface area contributed by atoms with Crippen LogP contribution in [-0.4, -0.2) is 12.0 Å². The van der Waals surface area contributed by atoms with Gasteiger partial charge in [-0.25, -0.2) is 4.98 Å². The van der Waals surface area contributed by atoms with E-state index >= 15 is 0 Å². The number of aryl methyl sites for hydroxylation is 1. The molecule has 0 aliphatic rings. The van der Waals surface area contributed by atoms with E-state index in [4.69, 9.17) is 4.74 Å². The molecule has 1 atom stereocenters. The number of nitrogens with zero attached hydrogens (tertiary/aromatic N) is 1. The van der Waals surface area contributed by atoms with Crippen molar-refractivity contribution in [2.45, 2.75) is 39.7 Å². The number of aromatic nitrogens is 1. The molecule has 0 fully saturated rings. The molecule has 0 aliphatic carbocycles. The molecule has 1 aromatic heterocycles. The highest BCUT2D eigenvalue weighted by Gasteiger charge is 2.10. The summed E-state index contributed by atoms with van der Waals surface area (Å²) < 4.78 is 5.99. The molecule has 0 saturated carbocycles. The van der Waals surface area contributed by atoms with Gasteiger partial charge in [-0.15, -0.1) is 0 Å². The Bertz CT molecular complexity index is 591. The minimum Gasteiger partial charge on any atom is -0.439 e. The van der Waals surface area contributed by atoms with Crippen molar-refractivity contribution in [3.63, 3.8) is 0 Å². The summed E-state index contributed by atoms with van der Waals surface area (Å²) in [6.45, 7) is 8.52. The van der Waals surface area contributed by atoms with Gasteiger partial charge in [0, 0.05) is 18.3 Å². The quantitative estimate of drug-likeness (QED) is 0.872. The fourth-order valence-corrected chi connectivity index (χ4v) is 2.19. The van der Waals surface area contributed by atoms with E-state index in [1.54, 1.807) is 0 Å². The molecule has 3 heteroatoms. The van der Waals surface area contributed by atoms with E-state index in [-0.39, 0.29) is 6.04 Å². The molecule has 2 aromatic rings. The summed E-state index contributed by atoms with van der Waals surface area (Å²) in [4.78, 5) is 4.41. The van der Waals surface area contributed by atoms with Gasteiger partial charge in [-0.3, -0.25) is 0 Å². The van der Waals surface area contributed by atoms with Crippen molar-refractivity contribution in [2.24, 2.45) is 0 Å². The van der Waals surface area contributed by atoms with Crippen LogP contribution in [0.25, 0.3) is 0 Å². The first-order valence-corrected chi connectivity index (χ1v) is 7.43. The van der Waals surface area contributed by atoms with Gasteiger partial charge in [-0.05, 0) is 49.6 Å². The lowest BCUT2D eigenvalue weighted by Gasteiger charge is -2.15. The molecular formula is C18H24N2O. The van der Waals surface area contributed by atoms with E-state index in [1.165, 1.54) is 11.1 Å². The zero-order valence-corrected chi connectivity index (χ0v) is 13.5. The van der Waals surface area contributed by atoms with Gasteiger partial charge in [-0.2, -0.15) is 0 Å². The number of rotatable bonds is 5. The fourth-order valence-electron chi connectivity index (χ4n) is 2.19. The van der Waals surface area contributed by atoms with Crippen molar-refractivity contribution >= 4 is 0 Å². The van der Waals surface area contributed by atoms with E-state index < -0.39 is 0 Å². The van der Waals surface area contributed by atoms with E-state index in [1.807, 2.05) is 25.4 Å². The maximum absolute atomic E-state index is 5.99. The molecule has 1 N–H and O–H groups in total. The summed E-state index contributed by atoms with van der Waals surface area (Å²) in [5, 5.41) is 3.20. The Kier molecular flexibility index (Phi) is 4.97. The zero-order chi connectivity index (χ0) is 15.4. The first kappa shape index (κ1) is 15.5. The Morgan fingerprint density at radius 1 is 1.10 bits per heavy atom. The van der Waals surface area contributed by atoms with Gasteiger partial charge in [0.05, 0.1) is 0 Å². The van der Waals surface area contributed by atoms with Crippen molar-refractivity contribution in [2.75, 3.05) is 7.05 Å². The van der Waals surface area contributed by atoms with Gasteiger partial charge in [0.1, 0.15) is 5.75 Å². The molecule has 1 unspecified atom stereocenters. The van der Waals surface area contributed by atoms with E-state index in [9.17, 15) is 0 Å². The summed E-state index contributed by atoms with van der Waals surface area (Å²) in [6, 6.07) is 10.6. The van der Waals surface area contributed by atoms with Crippen LogP contribution >= 0.6 is 0 Å². The molecule has 112 valence electrons. The topological polar surface area (TPSA) is 34.1 Å². The third-order valence-electron chi connectivity index (χ3n) is 3.70. The van der Waals surface area contributed by atoms with Gasteiger partial charge in [0.15, 0.2) is 0 Å². The van der Waals surface area contributed by atoms with Crippen LogP contribution < -0.4 is 10.1 Å². The highest BCUT2D eigenvalue weighted by atomic mass is 16.5. The number of ether oxygens (including phenoxy) is 1. The summed E-state index contributed by atoms with van der Waals surface area (Å²) in [5.41, 5.74) is 3.54. The van der Waals surface area contributed by atoms with Crippen molar-refractivity contribution < 1.29 is 4.74 Å². The van der Waals surface area contributed by atoms with Gasteiger partial charge in [-0.1, -0.05) is 32.0 Å². The summed E-state index contributed by atoms with van der Waals surface area (Å²) in [6.07, 6.45) is 1.86. The number of pyridine rings is 1. The third kappa shape index (κ3) is 3.82. The second-order valence-electron chi connectivity index (χ2n) is 5.74. The first-order chi connectivity index (χ1) is 10.0. The van der Waals surface area contributed by atoms with E-state index in [2.05, 4.69) is 56.2 Å². The van der Waals surface area contributed by atoms with Crippen LogP contribution in [0.3, 0.4) is 0 Å². The van der Waals surface area contributed by atoms with Crippen LogP contribution in [0.15, 0.2) is 36.5 Å². The van der Waals surface area contributed by atoms with E-state index in [0.717, 1.165) is 11.3 Å². The SMILES string of the molecule is CNC(C)c1ccc(Oc2cc(C)ccc2C(C)C)nc1. The molecule has 3 nitrogen and oxygen atoms in total. The highest BCUT2D eigenvalue weighted by molar-refractivity contribution is 5.41. The predicted octanol–water partition coefficient (Wildman–Crippen LogP) is 4.59. The maximum atomic E-state index is 5.99. The van der Waals surface area contributed by atoms with Crippen LogP contribution in [0.4, 0.5) is 0 Å². The van der Waals surface area contributed by atoms with Crippen LogP contribution in [0.1, 0.15) is 49.4 Å². The molecule has 0 radical (unpaired) electrons. The molecule has 1 heterocycles. The highest BCUT2D eigenvalue weighted by Crippen LogP contribution is 2.30. The molecular weight excluding hydrogens is 260 g/mol. The van der Waals surface area contributed by atoms with Crippen LogP contribution in [0.5, 0.6) is 11.6 Å². The largest absolute Gasteiger partial charge is 0.439 e. The molecule has 0 saturated heterocycles. The molecule has 0 amide bonds. The Hall–Kier alpha value is -1.87.